The van der Waals surface area contributed by atoms with Gasteiger partial charge in [0.1, 0.15) is 6.42 Å². The molecule has 0 aromatic rings. The molecule has 1 aliphatic rings. The number of hydrogen-bond donors (Lipinski definition) is 2. The fourth-order valence-corrected chi connectivity index (χ4v) is 2.05. The molecule has 1 aliphatic carbocycles. The number of halogens is 3. The maximum absolute atomic E-state index is 11.9. The maximum atomic E-state index is 11.9. The van der Waals surface area contributed by atoms with E-state index >= 15 is 0 Å². The topological polar surface area (TPSA) is 64.3 Å². The lowest BCUT2D eigenvalue weighted by molar-refractivity contribution is -0.153. The molecule has 0 spiro atoms. The molecular formula is C12H21F3N2O2. The molecule has 7 heteroatoms. The Bertz CT molecular complexity index is 277. The van der Waals surface area contributed by atoms with Crippen LogP contribution in [0, 0.1) is 0 Å². The first-order valence-electron chi connectivity index (χ1n) is 6.57. The molecule has 4 nitrogen and oxygen atoms in total. The van der Waals surface area contributed by atoms with Gasteiger partial charge in [-0.1, -0.05) is 0 Å². The predicted molar refractivity (Wildman–Crippen MR) is 64.5 cm³/mol. The first-order chi connectivity index (χ1) is 8.87. The number of nitrogens with one attached hydrogen (secondary N) is 1. The van der Waals surface area contributed by atoms with Crippen LogP contribution in [0.4, 0.5) is 13.2 Å². The van der Waals surface area contributed by atoms with E-state index in [0.717, 1.165) is 25.7 Å². The Morgan fingerprint density at radius 3 is 2.47 bits per heavy atom. The summed E-state index contributed by atoms with van der Waals surface area (Å²) in [6.07, 6.45) is -1.38. The van der Waals surface area contributed by atoms with Crippen molar-refractivity contribution in [2.24, 2.45) is 5.73 Å². The molecule has 19 heavy (non-hydrogen) atoms. The Morgan fingerprint density at radius 2 is 1.89 bits per heavy atom. The van der Waals surface area contributed by atoms with Crippen molar-refractivity contribution in [2.45, 2.75) is 56.8 Å². The number of nitrogens with two attached hydrogens (primary N) is 1. The van der Waals surface area contributed by atoms with Gasteiger partial charge in [0.25, 0.3) is 0 Å². The zero-order valence-corrected chi connectivity index (χ0v) is 10.8. The zero-order valence-electron chi connectivity index (χ0n) is 10.8. The molecule has 0 bridgehead atoms. The third-order valence-electron chi connectivity index (χ3n) is 3.08. The predicted octanol–water partition coefficient (Wildman–Crippen LogP) is 1.73. The van der Waals surface area contributed by atoms with Crippen molar-refractivity contribution in [3.05, 3.63) is 0 Å². The van der Waals surface area contributed by atoms with E-state index in [9.17, 15) is 18.0 Å². The summed E-state index contributed by atoms with van der Waals surface area (Å²) >= 11 is 0. The van der Waals surface area contributed by atoms with Crippen molar-refractivity contribution in [2.75, 3.05) is 13.2 Å². The van der Waals surface area contributed by atoms with Gasteiger partial charge in [0.15, 0.2) is 0 Å². The van der Waals surface area contributed by atoms with Gasteiger partial charge in [0.05, 0.1) is 6.10 Å². The second kappa shape index (κ2) is 7.69. The molecule has 0 atom stereocenters. The number of rotatable bonds is 6. The molecule has 1 amide bonds. The zero-order chi connectivity index (χ0) is 14.3. The molecule has 112 valence electrons. The fourth-order valence-electron chi connectivity index (χ4n) is 2.05. The van der Waals surface area contributed by atoms with Crippen LogP contribution in [-0.2, 0) is 9.53 Å². The van der Waals surface area contributed by atoms with Crippen LogP contribution in [-0.4, -0.2) is 37.4 Å². The van der Waals surface area contributed by atoms with E-state index in [-0.39, 0.29) is 18.7 Å². The molecule has 3 N–H and O–H groups in total. The van der Waals surface area contributed by atoms with Crippen molar-refractivity contribution in [1.82, 2.24) is 5.32 Å². The number of hydrogen-bond acceptors (Lipinski definition) is 3. The molecule has 1 rings (SSSR count). The fraction of sp³-hybridized carbons (Fsp3) is 0.917. The summed E-state index contributed by atoms with van der Waals surface area (Å²) in [6, 6.07) is 0.265. The Kier molecular flexibility index (Phi) is 6.57. The summed E-state index contributed by atoms with van der Waals surface area (Å²) < 4.78 is 41.2. The van der Waals surface area contributed by atoms with Gasteiger partial charge in [-0.2, -0.15) is 13.2 Å². The second-order valence-electron chi connectivity index (χ2n) is 4.90. The molecule has 0 aliphatic heterocycles. The molecular weight excluding hydrogens is 261 g/mol. The highest BCUT2D eigenvalue weighted by Crippen LogP contribution is 2.20. The lowest BCUT2D eigenvalue weighted by atomic mass is 9.94. The molecule has 1 saturated carbocycles. The van der Waals surface area contributed by atoms with Crippen LogP contribution >= 0.6 is 0 Å². The lowest BCUT2D eigenvalue weighted by Gasteiger charge is -2.26. The summed E-state index contributed by atoms with van der Waals surface area (Å²) in [6.45, 7) is 0.660. The van der Waals surface area contributed by atoms with Crippen LogP contribution in [0.25, 0.3) is 0 Å². The number of carbonyl (C=O) groups excluding carboxylic acids is 1. The van der Waals surface area contributed by atoms with Crippen LogP contribution in [0.2, 0.25) is 0 Å². The first kappa shape index (κ1) is 16.2. The van der Waals surface area contributed by atoms with Crippen molar-refractivity contribution >= 4 is 5.91 Å². The molecule has 0 radical (unpaired) electrons. The first-order valence-corrected chi connectivity index (χ1v) is 6.57. The van der Waals surface area contributed by atoms with Gasteiger partial charge < -0.3 is 15.8 Å². The molecule has 0 saturated heterocycles. The van der Waals surface area contributed by atoms with Crippen LogP contribution in [0.3, 0.4) is 0 Å². The molecule has 1 fully saturated rings. The Labute approximate surface area is 110 Å². The van der Waals surface area contributed by atoms with E-state index in [4.69, 9.17) is 10.5 Å². The van der Waals surface area contributed by atoms with Crippen molar-refractivity contribution in [1.29, 1.82) is 0 Å². The van der Waals surface area contributed by atoms with E-state index in [1.54, 1.807) is 0 Å². The quantitative estimate of drug-likeness (QED) is 0.729. The van der Waals surface area contributed by atoms with Crippen LogP contribution in [0.5, 0.6) is 0 Å². The van der Waals surface area contributed by atoms with Gasteiger partial charge in [-0.25, -0.2) is 0 Å². The number of amides is 1. The van der Waals surface area contributed by atoms with E-state index < -0.39 is 18.5 Å². The minimum Gasteiger partial charge on any atom is -0.378 e. The monoisotopic (exact) mass is 282 g/mol. The van der Waals surface area contributed by atoms with Crippen LogP contribution in [0.1, 0.15) is 38.5 Å². The SMILES string of the molecule is NC1CCC(OCCCNC(=O)CC(F)(F)F)CC1. The average Bonchev–Trinajstić information content (AvgIpc) is 2.29. The Balaban J connectivity index is 1.98. The molecule has 0 aromatic heterocycles. The highest BCUT2D eigenvalue weighted by molar-refractivity contribution is 5.76. The van der Waals surface area contributed by atoms with Crippen molar-refractivity contribution < 1.29 is 22.7 Å². The van der Waals surface area contributed by atoms with E-state index in [1.165, 1.54) is 0 Å². The second-order valence-corrected chi connectivity index (χ2v) is 4.90. The van der Waals surface area contributed by atoms with Crippen molar-refractivity contribution in [3.8, 4) is 0 Å². The van der Waals surface area contributed by atoms with Crippen LogP contribution in [0.15, 0.2) is 0 Å². The van der Waals surface area contributed by atoms with Gasteiger partial charge in [-0.3, -0.25) is 4.79 Å². The summed E-state index contributed by atoms with van der Waals surface area (Å²) in [7, 11) is 0. The van der Waals surface area contributed by atoms with Crippen molar-refractivity contribution in [3.63, 3.8) is 0 Å². The number of alkyl halides is 3. The van der Waals surface area contributed by atoms with Gasteiger partial charge in [-0.15, -0.1) is 0 Å². The average molecular weight is 282 g/mol. The molecule has 0 aromatic carbocycles. The lowest BCUT2D eigenvalue weighted by Crippen LogP contribution is -2.32. The minimum atomic E-state index is -4.44. The van der Waals surface area contributed by atoms with Gasteiger partial charge in [0.2, 0.25) is 5.91 Å². The summed E-state index contributed by atoms with van der Waals surface area (Å²) in [5.41, 5.74) is 5.76. The maximum Gasteiger partial charge on any atom is 0.397 e. The highest BCUT2D eigenvalue weighted by Gasteiger charge is 2.30. The van der Waals surface area contributed by atoms with E-state index in [1.807, 2.05) is 0 Å². The smallest absolute Gasteiger partial charge is 0.378 e. The molecule has 0 heterocycles. The highest BCUT2D eigenvalue weighted by atomic mass is 19.4. The third kappa shape index (κ3) is 8.05. The summed E-state index contributed by atoms with van der Waals surface area (Å²) in [5.74, 6) is -0.990. The molecule has 0 unspecified atom stereocenters. The minimum absolute atomic E-state index is 0.200. The summed E-state index contributed by atoms with van der Waals surface area (Å²) in [4.78, 5) is 10.9. The largest absolute Gasteiger partial charge is 0.397 e. The van der Waals surface area contributed by atoms with E-state index in [2.05, 4.69) is 5.32 Å². The normalized spacial score (nSPS) is 24.2. The Hall–Kier alpha value is -0.820. The number of carbonyl (C=O) groups is 1. The van der Waals surface area contributed by atoms with Gasteiger partial charge >= 0.3 is 6.18 Å². The van der Waals surface area contributed by atoms with Crippen LogP contribution < -0.4 is 11.1 Å². The standard InChI is InChI=1S/C12H21F3N2O2/c13-12(14,15)8-11(18)17-6-1-7-19-10-4-2-9(16)3-5-10/h9-10H,1-8,16H2,(H,17,18). The summed E-state index contributed by atoms with van der Waals surface area (Å²) in [5, 5.41) is 2.23. The Morgan fingerprint density at radius 1 is 1.26 bits per heavy atom. The third-order valence-corrected chi connectivity index (χ3v) is 3.08. The van der Waals surface area contributed by atoms with Gasteiger partial charge in [-0.05, 0) is 32.1 Å². The number of ether oxygens (including phenoxy) is 1. The van der Waals surface area contributed by atoms with E-state index in [0.29, 0.717) is 13.0 Å². The van der Waals surface area contributed by atoms with Gasteiger partial charge in [0, 0.05) is 19.2 Å².